The third-order valence-electron chi connectivity index (χ3n) is 1.98. The van der Waals surface area contributed by atoms with Gasteiger partial charge in [-0.05, 0) is 32.1 Å². The van der Waals surface area contributed by atoms with Gasteiger partial charge in [0.15, 0.2) is 0 Å². The van der Waals surface area contributed by atoms with Gasteiger partial charge in [0.2, 0.25) is 0 Å². The van der Waals surface area contributed by atoms with Crippen molar-refractivity contribution in [1.82, 2.24) is 5.32 Å². The topological polar surface area (TPSA) is 38.0 Å². The van der Waals surface area contributed by atoms with Gasteiger partial charge in [-0.15, -0.1) is 0 Å². The van der Waals surface area contributed by atoms with Crippen LogP contribution in [-0.2, 0) is 0 Å². The number of nitrogens with two attached hydrogens (primary N) is 1. The lowest BCUT2D eigenvalue weighted by Gasteiger charge is -2.03. The Hall–Kier alpha value is -0.700. The Morgan fingerprint density at radius 2 is 2.13 bits per heavy atom. The maximum absolute atomic E-state index is 5.90. The second-order valence-corrected chi connectivity index (χ2v) is 4.03. The molecule has 0 heterocycles. The summed E-state index contributed by atoms with van der Waals surface area (Å²) in [6, 6.07) is 3.45. The second-order valence-electron chi connectivity index (χ2n) is 3.19. The lowest BCUT2D eigenvalue weighted by atomic mass is 10.1. The smallest absolute Gasteiger partial charge is 0.0656 e. The summed E-state index contributed by atoms with van der Waals surface area (Å²) in [6.45, 7) is 0.935. The molecule has 0 amide bonds. The molecule has 0 aliphatic rings. The zero-order valence-electron chi connectivity index (χ0n) is 8.56. The van der Waals surface area contributed by atoms with Gasteiger partial charge in [-0.1, -0.05) is 35.4 Å². The van der Waals surface area contributed by atoms with Crippen LogP contribution in [0.15, 0.2) is 18.2 Å². The maximum atomic E-state index is 5.90. The average molecular weight is 245 g/mol. The summed E-state index contributed by atoms with van der Waals surface area (Å²) in [4.78, 5) is 0. The molecule has 0 aliphatic carbocycles. The number of rotatable bonds is 4. The fourth-order valence-electron chi connectivity index (χ4n) is 1.18. The predicted octanol–water partition coefficient (Wildman–Crippen LogP) is 3.20. The van der Waals surface area contributed by atoms with Crippen LogP contribution in [0.1, 0.15) is 12.0 Å². The summed E-state index contributed by atoms with van der Waals surface area (Å²) in [7, 11) is 1.92. The zero-order valence-corrected chi connectivity index (χ0v) is 10.1. The van der Waals surface area contributed by atoms with Gasteiger partial charge in [0.1, 0.15) is 0 Å². The molecule has 4 heteroatoms. The van der Waals surface area contributed by atoms with E-state index in [2.05, 4.69) is 5.32 Å². The van der Waals surface area contributed by atoms with Crippen LogP contribution in [0.3, 0.4) is 0 Å². The number of anilines is 1. The van der Waals surface area contributed by atoms with E-state index in [-0.39, 0.29) is 0 Å². The van der Waals surface area contributed by atoms with Gasteiger partial charge in [0.25, 0.3) is 0 Å². The SMILES string of the molecule is CNCCC=Cc1cc(Cl)cc(Cl)c1N. The minimum Gasteiger partial charge on any atom is -0.397 e. The Morgan fingerprint density at radius 3 is 2.80 bits per heavy atom. The number of hydrogen-bond acceptors (Lipinski definition) is 2. The van der Waals surface area contributed by atoms with E-state index in [4.69, 9.17) is 28.9 Å². The molecule has 15 heavy (non-hydrogen) atoms. The lowest BCUT2D eigenvalue weighted by molar-refractivity contribution is 0.809. The number of benzene rings is 1. The van der Waals surface area contributed by atoms with Gasteiger partial charge in [0, 0.05) is 10.6 Å². The Labute approximate surface area is 100 Å². The normalized spacial score (nSPS) is 11.1. The molecule has 0 radical (unpaired) electrons. The van der Waals surface area contributed by atoms with Crippen LogP contribution in [0, 0.1) is 0 Å². The van der Waals surface area contributed by atoms with Crippen LogP contribution < -0.4 is 11.1 Å². The van der Waals surface area contributed by atoms with Crippen LogP contribution in [0.4, 0.5) is 5.69 Å². The summed E-state index contributed by atoms with van der Waals surface area (Å²) in [6.07, 6.45) is 4.92. The molecule has 0 bridgehead atoms. The molecule has 0 unspecified atom stereocenters. The molecule has 2 nitrogen and oxygen atoms in total. The van der Waals surface area contributed by atoms with Crippen molar-refractivity contribution in [3.8, 4) is 0 Å². The summed E-state index contributed by atoms with van der Waals surface area (Å²) in [5.74, 6) is 0. The van der Waals surface area contributed by atoms with Crippen LogP contribution in [0.5, 0.6) is 0 Å². The van der Waals surface area contributed by atoms with E-state index in [1.165, 1.54) is 0 Å². The third kappa shape index (κ3) is 3.74. The number of nitrogens with one attached hydrogen (secondary N) is 1. The van der Waals surface area contributed by atoms with Gasteiger partial charge >= 0.3 is 0 Å². The van der Waals surface area contributed by atoms with Crippen molar-refractivity contribution in [2.45, 2.75) is 6.42 Å². The molecule has 0 fully saturated rings. The van der Waals surface area contributed by atoms with Gasteiger partial charge in [-0.3, -0.25) is 0 Å². The first-order valence-electron chi connectivity index (χ1n) is 4.71. The van der Waals surface area contributed by atoms with Crippen LogP contribution in [0.25, 0.3) is 6.08 Å². The molecule has 0 saturated heterocycles. The minimum absolute atomic E-state index is 0.496. The molecule has 0 atom stereocenters. The molecule has 0 saturated carbocycles. The number of hydrogen-bond donors (Lipinski definition) is 2. The number of halogens is 2. The highest BCUT2D eigenvalue weighted by Crippen LogP contribution is 2.28. The quantitative estimate of drug-likeness (QED) is 0.631. The van der Waals surface area contributed by atoms with Crippen LogP contribution in [0.2, 0.25) is 10.0 Å². The van der Waals surface area contributed by atoms with Crippen molar-refractivity contribution in [2.24, 2.45) is 0 Å². The van der Waals surface area contributed by atoms with Gasteiger partial charge < -0.3 is 11.1 Å². The fourth-order valence-corrected chi connectivity index (χ4v) is 1.69. The first-order chi connectivity index (χ1) is 7.15. The molecule has 0 aliphatic heterocycles. The Bertz CT molecular complexity index is 362. The van der Waals surface area contributed by atoms with E-state index in [1.54, 1.807) is 12.1 Å². The van der Waals surface area contributed by atoms with E-state index in [0.717, 1.165) is 18.5 Å². The standard InChI is InChI=1S/C11H14Cl2N2/c1-15-5-3-2-4-8-6-9(12)7-10(13)11(8)14/h2,4,6-7,15H,3,5,14H2,1H3. The molecular formula is C11H14Cl2N2. The first-order valence-corrected chi connectivity index (χ1v) is 5.46. The maximum Gasteiger partial charge on any atom is 0.0656 e. The summed E-state index contributed by atoms with van der Waals surface area (Å²) in [5, 5.41) is 4.15. The first kappa shape index (κ1) is 12.4. The highest BCUT2D eigenvalue weighted by Gasteiger charge is 2.02. The molecule has 1 aromatic rings. The van der Waals surface area contributed by atoms with Crippen molar-refractivity contribution in [3.05, 3.63) is 33.8 Å². The molecule has 82 valence electrons. The Kier molecular flexibility index (Phi) is 4.95. The van der Waals surface area contributed by atoms with Crippen molar-refractivity contribution < 1.29 is 0 Å². The molecule has 1 rings (SSSR count). The van der Waals surface area contributed by atoms with Gasteiger partial charge in [-0.2, -0.15) is 0 Å². The van der Waals surface area contributed by atoms with Crippen molar-refractivity contribution in [3.63, 3.8) is 0 Å². The van der Waals surface area contributed by atoms with Crippen molar-refractivity contribution in [2.75, 3.05) is 19.3 Å². The highest BCUT2D eigenvalue weighted by atomic mass is 35.5. The lowest BCUT2D eigenvalue weighted by Crippen LogP contribution is -2.05. The zero-order chi connectivity index (χ0) is 11.3. The van der Waals surface area contributed by atoms with Crippen molar-refractivity contribution in [1.29, 1.82) is 0 Å². The number of nitrogen functional groups attached to an aromatic ring is 1. The fraction of sp³-hybridized carbons (Fsp3) is 0.273. The molecule has 0 spiro atoms. The monoisotopic (exact) mass is 244 g/mol. The van der Waals surface area contributed by atoms with Crippen LogP contribution in [-0.4, -0.2) is 13.6 Å². The predicted molar refractivity (Wildman–Crippen MR) is 68.5 cm³/mol. The van der Waals surface area contributed by atoms with Gasteiger partial charge in [-0.25, -0.2) is 0 Å². The highest BCUT2D eigenvalue weighted by molar-refractivity contribution is 6.36. The second kappa shape index (κ2) is 6.01. The average Bonchev–Trinajstić information content (AvgIpc) is 2.19. The third-order valence-corrected chi connectivity index (χ3v) is 2.52. The molecule has 1 aromatic carbocycles. The summed E-state index contributed by atoms with van der Waals surface area (Å²) in [5.41, 5.74) is 7.24. The Balaban J connectivity index is 2.80. The molecular weight excluding hydrogens is 231 g/mol. The molecule has 3 N–H and O–H groups in total. The molecule has 0 aromatic heterocycles. The summed E-state index contributed by atoms with van der Waals surface area (Å²) < 4.78 is 0. The van der Waals surface area contributed by atoms with Crippen molar-refractivity contribution >= 4 is 35.0 Å². The minimum atomic E-state index is 0.496. The van der Waals surface area contributed by atoms with E-state index < -0.39 is 0 Å². The van der Waals surface area contributed by atoms with E-state index in [9.17, 15) is 0 Å². The Morgan fingerprint density at radius 1 is 1.40 bits per heavy atom. The van der Waals surface area contributed by atoms with E-state index in [0.29, 0.717) is 15.7 Å². The van der Waals surface area contributed by atoms with Gasteiger partial charge in [0.05, 0.1) is 10.7 Å². The largest absolute Gasteiger partial charge is 0.397 e. The van der Waals surface area contributed by atoms with Crippen LogP contribution >= 0.6 is 23.2 Å². The van der Waals surface area contributed by atoms with E-state index >= 15 is 0 Å². The van der Waals surface area contributed by atoms with E-state index in [1.807, 2.05) is 19.2 Å². The summed E-state index contributed by atoms with van der Waals surface area (Å²) >= 11 is 11.8.